The van der Waals surface area contributed by atoms with Crippen molar-refractivity contribution in [2.45, 2.75) is 39.3 Å². The number of aryl methyl sites for hydroxylation is 1. The van der Waals surface area contributed by atoms with Crippen molar-refractivity contribution in [2.75, 3.05) is 32.8 Å². The Kier molecular flexibility index (Phi) is 5.20. The number of hydrogen-bond acceptors (Lipinski definition) is 5. The van der Waals surface area contributed by atoms with Crippen LogP contribution < -0.4 is 4.74 Å². The molecule has 0 radical (unpaired) electrons. The van der Waals surface area contributed by atoms with Gasteiger partial charge in [0.15, 0.2) is 11.5 Å². The molecule has 3 heterocycles. The lowest BCUT2D eigenvalue weighted by atomic mass is 10.0. The number of aromatic hydroxyl groups is 1. The molecule has 0 bridgehead atoms. The van der Waals surface area contributed by atoms with Gasteiger partial charge in [-0.3, -0.25) is 4.90 Å². The molecule has 0 aliphatic carbocycles. The van der Waals surface area contributed by atoms with Gasteiger partial charge in [0.05, 0.1) is 0 Å². The summed E-state index contributed by atoms with van der Waals surface area (Å²) >= 11 is 1.77. The van der Waals surface area contributed by atoms with Gasteiger partial charge in [0.25, 0.3) is 0 Å². The maximum atomic E-state index is 10.5. The maximum Gasteiger partial charge on any atom is 0.165 e. The van der Waals surface area contributed by atoms with Gasteiger partial charge in [0, 0.05) is 34.4 Å². The van der Waals surface area contributed by atoms with Gasteiger partial charge in [-0.1, -0.05) is 6.92 Å². The lowest BCUT2D eigenvalue weighted by Gasteiger charge is -2.37. The molecule has 1 aromatic carbocycles. The van der Waals surface area contributed by atoms with Crippen LogP contribution in [-0.2, 0) is 6.54 Å². The van der Waals surface area contributed by atoms with Gasteiger partial charge in [-0.15, -0.1) is 11.3 Å². The van der Waals surface area contributed by atoms with Crippen LogP contribution >= 0.6 is 11.3 Å². The summed E-state index contributed by atoms with van der Waals surface area (Å²) in [7, 11) is 0. The van der Waals surface area contributed by atoms with E-state index in [2.05, 4.69) is 41.8 Å². The molecule has 2 aliphatic rings. The molecular formula is C21H28N2O2S. The van der Waals surface area contributed by atoms with E-state index in [1.165, 1.54) is 35.7 Å². The topological polar surface area (TPSA) is 35.9 Å². The highest BCUT2D eigenvalue weighted by Crippen LogP contribution is 2.40. The minimum atomic E-state index is 0.270. The van der Waals surface area contributed by atoms with Gasteiger partial charge in [-0.05, 0) is 69.2 Å². The van der Waals surface area contributed by atoms with Crippen molar-refractivity contribution in [1.82, 2.24) is 9.80 Å². The minimum absolute atomic E-state index is 0.270. The van der Waals surface area contributed by atoms with Gasteiger partial charge in [-0.2, -0.15) is 0 Å². The van der Waals surface area contributed by atoms with E-state index in [0.717, 1.165) is 30.8 Å². The van der Waals surface area contributed by atoms with Crippen molar-refractivity contribution < 1.29 is 9.84 Å². The van der Waals surface area contributed by atoms with Crippen LogP contribution in [0.2, 0.25) is 0 Å². The van der Waals surface area contributed by atoms with E-state index in [-0.39, 0.29) is 5.75 Å². The Morgan fingerprint density at radius 2 is 2.00 bits per heavy atom. The van der Waals surface area contributed by atoms with E-state index in [1.807, 2.05) is 6.07 Å². The molecule has 0 unspecified atom stereocenters. The first kappa shape index (κ1) is 17.8. The summed E-state index contributed by atoms with van der Waals surface area (Å²) in [5.74, 6) is 0.946. The monoisotopic (exact) mass is 372 g/mol. The van der Waals surface area contributed by atoms with Crippen molar-refractivity contribution in [3.05, 3.63) is 34.7 Å². The summed E-state index contributed by atoms with van der Waals surface area (Å²) in [6, 6.07) is 8.94. The SMILES string of the molecule is CCN1CCC(N2CCOc3c(O)cc(-c4ccc(C)s4)cc3C2)CC1. The summed E-state index contributed by atoms with van der Waals surface area (Å²) in [6.45, 7) is 10.3. The number of benzene rings is 1. The molecule has 0 amide bonds. The van der Waals surface area contributed by atoms with Crippen LogP contribution in [0.1, 0.15) is 30.2 Å². The largest absolute Gasteiger partial charge is 0.504 e. The fourth-order valence-electron chi connectivity index (χ4n) is 4.16. The van der Waals surface area contributed by atoms with E-state index in [4.69, 9.17) is 4.74 Å². The number of phenols is 1. The third kappa shape index (κ3) is 3.61. The van der Waals surface area contributed by atoms with Crippen LogP contribution in [-0.4, -0.2) is 53.7 Å². The quantitative estimate of drug-likeness (QED) is 0.880. The number of fused-ring (bicyclic) bond motifs is 1. The average molecular weight is 373 g/mol. The number of nitrogens with zero attached hydrogens (tertiary/aromatic N) is 2. The molecule has 4 rings (SSSR count). The summed E-state index contributed by atoms with van der Waals surface area (Å²) in [5, 5.41) is 10.5. The Balaban J connectivity index is 1.58. The molecule has 2 aliphatic heterocycles. The second-order valence-electron chi connectivity index (χ2n) is 7.38. The van der Waals surface area contributed by atoms with Gasteiger partial charge in [-0.25, -0.2) is 0 Å². The van der Waals surface area contributed by atoms with E-state index in [0.29, 0.717) is 18.4 Å². The second kappa shape index (κ2) is 7.59. The predicted octanol–water partition coefficient (Wildman–Crippen LogP) is 4.11. The van der Waals surface area contributed by atoms with Crippen LogP contribution in [0.15, 0.2) is 24.3 Å². The molecule has 140 valence electrons. The van der Waals surface area contributed by atoms with Gasteiger partial charge >= 0.3 is 0 Å². The molecule has 4 nitrogen and oxygen atoms in total. The van der Waals surface area contributed by atoms with E-state index < -0.39 is 0 Å². The fourth-order valence-corrected chi connectivity index (χ4v) is 5.02. The predicted molar refractivity (Wildman–Crippen MR) is 107 cm³/mol. The summed E-state index contributed by atoms with van der Waals surface area (Å²) in [4.78, 5) is 7.58. The molecule has 0 spiro atoms. The highest BCUT2D eigenvalue weighted by molar-refractivity contribution is 7.15. The van der Waals surface area contributed by atoms with Gasteiger partial charge in [0.1, 0.15) is 6.61 Å². The van der Waals surface area contributed by atoms with Crippen molar-refractivity contribution in [3.8, 4) is 21.9 Å². The molecule has 1 aromatic heterocycles. The highest BCUT2D eigenvalue weighted by atomic mass is 32.1. The third-order valence-electron chi connectivity index (χ3n) is 5.69. The molecular weight excluding hydrogens is 344 g/mol. The zero-order valence-corrected chi connectivity index (χ0v) is 16.5. The highest BCUT2D eigenvalue weighted by Gasteiger charge is 2.27. The van der Waals surface area contributed by atoms with Crippen LogP contribution in [0.4, 0.5) is 0 Å². The number of ether oxygens (including phenoxy) is 1. The Morgan fingerprint density at radius 3 is 2.69 bits per heavy atom. The zero-order chi connectivity index (χ0) is 18.1. The molecule has 1 N–H and O–H groups in total. The number of hydrogen-bond donors (Lipinski definition) is 1. The van der Waals surface area contributed by atoms with Gasteiger partial charge in [0.2, 0.25) is 0 Å². The zero-order valence-electron chi connectivity index (χ0n) is 15.7. The van der Waals surface area contributed by atoms with Crippen molar-refractivity contribution in [2.24, 2.45) is 0 Å². The minimum Gasteiger partial charge on any atom is -0.504 e. The summed E-state index contributed by atoms with van der Waals surface area (Å²) in [5.41, 5.74) is 2.20. The Morgan fingerprint density at radius 1 is 1.19 bits per heavy atom. The average Bonchev–Trinajstić information content (AvgIpc) is 2.97. The number of rotatable bonds is 3. The summed E-state index contributed by atoms with van der Waals surface area (Å²) in [6.07, 6.45) is 2.44. The standard InChI is InChI=1S/C21H28N2O2S/c1-3-22-8-6-18(7-9-22)23-10-11-25-21-17(14-23)12-16(13-19(21)24)20-5-4-15(2)26-20/h4-5,12-13,18,24H,3,6-11,14H2,1-2H3. The molecule has 5 heteroatoms. The maximum absolute atomic E-state index is 10.5. The number of thiophene rings is 1. The lowest BCUT2D eigenvalue weighted by molar-refractivity contribution is 0.0993. The van der Waals surface area contributed by atoms with Crippen LogP contribution in [0.5, 0.6) is 11.5 Å². The Bertz CT molecular complexity index is 765. The van der Waals surface area contributed by atoms with Crippen molar-refractivity contribution in [1.29, 1.82) is 0 Å². The normalized spacial score (nSPS) is 19.8. The molecule has 0 saturated carbocycles. The first-order valence-corrected chi connectivity index (χ1v) is 10.5. The van der Waals surface area contributed by atoms with Crippen molar-refractivity contribution >= 4 is 11.3 Å². The fraction of sp³-hybridized carbons (Fsp3) is 0.524. The number of piperidine rings is 1. The first-order chi connectivity index (χ1) is 12.6. The molecule has 0 atom stereocenters. The van der Waals surface area contributed by atoms with Crippen LogP contribution in [0, 0.1) is 6.92 Å². The van der Waals surface area contributed by atoms with E-state index in [1.54, 1.807) is 11.3 Å². The summed E-state index contributed by atoms with van der Waals surface area (Å²) < 4.78 is 5.94. The lowest BCUT2D eigenvalue weighted by Crippen LogP contribution is -2.45. The van der Waals surface area contributed by atoms with Gasteiger partial charge < -0.3 is 14.7 Å². The third-order valence-corrected chi connectivity index (χ3v) is 6.74. The molecule has 26 heavy (non-hydrogen) atoms. The first-order valence-electron chi connectivity index (χ1n) is 9.66. The van der Waals surface area contributed by atoms with Crippen molar-refractivity contribution in [3.63, 3.8) is 0 Å². The Hall–Kier alpha value is -1.56. The number of phenolic OH excluding ortho intramolecular Hbond substituents is 1. The molecule has 2 aromatic rings. The van der Waals surface area contributed by atoms with Crippen LogP contribution in [0.3, 0.4) is 0 Å². The Labute approximate surface area is 160 Å². The van der Waals surface area contributed by atoms with E-state index >= 15 is 0 Å². The molecule has 1 fully saturated rings. The molecule has 1 saturated heterocycles. The van der Waals surface area contributed by atoms with E-state index in [9.17, 15) is 5.11 Å². The smallest absolute Gasteiger partial charge is 0.165 e. The van der Waals surface area contributed by atoms with Crippen LogP contribution in [0.25, 0.3) is 10.4 Å². The number of likely N-dealkylation sites (tertiary alicyclic amines) is 1. The second-order valence-corrected chi connectivity index (χ2v) is 8.67.